The van der Waals surface area contributed by atoms with E-state index in [4.69, 9.17) is 4.74 Å². The van der Waals surface area contributed by atoms with Crippen LogP contribution in [0.15, 0.2) is 0 Å². The summed E-state index contributed by atoms with van der Waals surface area (Å²) in [6.45, 7) is 17.6. The van der Waals surface area contributed by atoms with Gasteiger partial charge in [-0.2, -0.15) is 0 Å². The quantitative estimate of drug-likeness (QED) is 0.699. The first-order valence-corrected chi connectivity index (χ1v) is 7.17. The number of rotatable bonds is 8. The number of hydrogen-bond donors (Lipinski definition) is 1. The Morgan fingerprint density at radius 2 is 1.71 bits per heavy atom. The minimum Gasteiger partial charge on any atom is -0.376 e. The maximum Gasteiger partial charge on any atom is 0.0776 e. The van der Waals surface area contributed by atoms with Crippen LogP contribution in [0.2, 0.25) is 0 Å². The molecule has 0 spiro atoms. The van der Waals surface area contributed by atoms with Crippen LogP contribution in [-0.2, 0) is 4.74 Å². The lowest BCUT2D eigenvalue weighted by Gasteiger charge is -2.38. The molecule has 2 atom stereocenters. The molecule has 0 aromatic carbocycles. The van der Waals surface area contributed by atoms with E-state index in [9.17, 15) is 0 Å². The first-order valence-electron chi connectivity index (χ1n) is 7.17. The smallest absolute Gasteiger partial charge is 0.0776 e. The van der Waals surface area contributed by atoms with Gasteiger partial charge in [-0.25, -0.2) is 0 Å². The number of nitrogens with one attached hydrogen (secondary N) is 1. The van der Waals surface area contributed by atoms with Crippen molar-refractivity contribution >= 4 is 0 Å². The predicted molar refractivity (Wildman–Crippen MR) is 76.4 cm³/mol. The van der Waals surface area contributed by atoms with Gasteiger partial charge in [-0.1, -0.05) is 41.5 Å². The van der Waals surface area contributed by atoms with Crippen LogP contribution >= 0.6 is 0 Å². The van der Waals surface area contributed by atoms with Gasteiger partial charge in [0.1, 0.15) is 0 Å². The lowest BCUT2D eigenvalue weighted by atomic mass is 9.81. The fourth-order valence-corrected chi connectivity index (χ4v) is 2.30. The molecular weight excluding hydrogens is 210 g/mol. The minimum atomic E-state index is 0.191. The van der Waals surface area contributed by atoms with E-state index in [-0.39, 0.29) is 5.41 Å². The molecule has 0 aromatic heterocycles. The number of ether oxygens (including phenoxy) is 1. The molecule has 0 heterocycles. The van der Waals surface area contributed by atoms with Crippen LogP contribution in [0.1, 0.15) is 61.3 Å². The van der Waals surface area contributed by atoms with Gasteiger partial charge in [0, 0.05) is 12.6 Å². The van der Waals surface area contributed by atoms with Gasteiger partial charge in [-0.3, -0.25) is 0 Å². The first kappa shape index (κ1) is 16.9. The Bertz CT molecular complexity index is 184. The van der Waals surface area contributed by atoms with E-state index < -0.39 is 0 Å². The topological polar surface area (TPSA) is 21.3 Å². The van der Waals surface area contributed by atoms with Gasteiger partial charge in [0.15, 0.2) is 0 Å². The highest BCUT2D eigenvalue weighted by molar-refractivity contribution is 4.87. The second kappa shape index (κ2) is 8.10. The standard InChI is InChI=1S/C15H33NO/c1-8-10-16-13(11-12(3)4)14(17-9-2)15(5,6)7/h12-14,16H,8-11H2,1-7H3. The summed E-state index contributed by atoms with van der Waals surface area (Å²) in [5.74, 6) is 0.703. The molecule has 0 fully saturated rings. The molecule has 2 nitrogen and oxygen atoms in total. The highest BCUT2D eigenvalue weighted by Crippen LogP contribution is 2.27. The zero-order chi connectivity index (χ0) is 13.5. The summed E-state index contributed by atoms with van der Waals surface area (Å²) in [5, 5.41) is 3.67. The average molecular weight is 243 g/mol. The van der Waals surface area contributed by atoms with Crippen LogP contribution in [0.4, 0.5) is 0 Å². The fraction of sp³-hybridized carbons (Fsp3) is 1.00. The summed E-state index contributed by atoms with van der Waals surface area (Å²) in [4.78, 5) is 0. The molecule has 2 unspecified atom stereocenters. The molecule has 0 aliphatic rings. The van der Waals surface area contributed by atoms with Crippen molar-refractivity contribution in [1.29, 1.82) is 0 Å². The third-order valence-electron chi connectivity index (χ3n) is 2.95. The van der Waals surface area contributed by atoms with Crippen molar-refractivity contribution in [2.45, 2.75) is 73.5 Å². The van der Waals surface area contributed by atoms with E-state index >= 15 is 0 Å². The van der Waals surface area contributed by atoms with Crippen LogP contribution in [0.25, 0.3) is 0 Å². The van der Waals surface area contributed by atoms with E-state index in [1.54, 1.807) is 0 Å². The SMILES string of the molecule is CCCNC(CC(C)C)C(OCC)C(C)(C)C. The maximum atomic E-state index is 6.00. The third-order valence-corrected chi connectivity index (χ3v) is 2.95. The second-order valence-electron chi connectivity index (χ2n) is 6.43. The van der Waals surface area contributed by atoms with Gasteiger partial charge in [-0.05, 0) is 37.6 Å². The van der Waals surface area contributed by atoms with Crippen LogP contribution in [0, 0.1) is 11.3 Å². The van der Waals surface area contributed by atoms with E-state index in [1.807, 2.05) is 0 Å². The van der Waals surface area contributed by atoms with E-state index in [2.05, 4.69) is 53.8 Å². The molecule has 0 saturated carbocycles. The van der Waals surface area contributed by atoms with Gasteiger partial charge in [-0.15, -0.1) is 0 Å². The summed E-state index contributed by atoms with van der Waals surface area (Å²) in [7, 11) is 0. The Balaban J connectivity index is 4.67. The second-order valence-corrected chi connectivity index (χ2v) is 6.43. The largest absolute Gasteiger partial charge is 0.376 e. The van der Waals surface area contributed by atoms with E-state index in [0.29, 0.717) is 18.1 Å². The Morgan fingerprint density at radius 3 is 2.06 bits per heavy atom. The first-order chi connectivity index (χ1) is 7.82. The lowest BCUT2D eigenvalue weighted by Crippen LogP contribution is -2.49. The highest BCUT2D eigenvalue weighted by Gasteiger charge is 2.32. The van der Waals surface area contributed by atoms with Crippen LogP contribution in [0.3, 0.4) is 0 Å². The summed E-state index contributed by atoms with van der Waals surface area (Å²) in [5.41, 5.74) is 0.191. The molecule has 0 bridgehead atoms. The molecular formula is C15H33NO. The number of hydrogen-bond acceptors (Lipinski definition) is 2. The summed E-state index contributed by atoms with van der Waals surface area (Å²) < 4.78 is 6.00. The van der Waals surface area contributed by atoms with Crippen molar-refractivity contribution in [3.8, 4) is 0 Å². The van der Waals surface area contributed by atoms with Crippen molar-refractivity contribution in [2.24, 2.45) is 11.3 Å². The minimum absolute atomic E-state index is 0.191. The molecule has 0 aromatic rings. The molecule has 0 aliphatic carbocycles. The summed E-state index contributed by atoms with van der Waals surface area (Å²) >= 11 is 0. The van der Waals surface area contributed by atoms with Crippen molar-refractivity contribution < 1.29 is 4.74 Å². The van der Waals surface area contributed by atoms with Crippen molar-refractivity contribution in [1.82, 2.24) is 5.32 Å². The van der Waals surface area contributed by atoms with Gasteiger partial charge in [0.05, 0.1) is 6.10 Å². The van der Waals surface area contributed by atoms with Gasteiger partial charge in [0.2, 0.25) is 0 Å². The fourth-order valence-electron chi connectivity index (χ4n) is 2.30. The molecule has 0 rings (SSSR count). The molecule has 104 valence electrons. The zero-order valence-corrected chi connectivity index (χ0v) is 13.0. The molecule has 0 aliphatic heterocycles. The van der Waals surface area contributed by atoms with Crippen LogP contribution < -0.4 is 5.32 Å². The van der Waals surface area contributed by atoms with Gasteiger partial charge >= 0.3 is 0 Å². The highest BCUT2D eigenvalue weighted by atomic mass is 16.5. The Kier molecular flexibility index (Phi) is 8.06. The van der Waals surface area contributed by atoms with Crippen LogP contribution in [0.5, 0.6) is 0 Å². The Hall–Kier alpha value is -0.0800. The molecule has 17 heavy (non-hydrogen) atoms. The average Bonchev–Trinajstić information content (AvgIpc) is 2.19. The van der Waals surface area contributed by atoms with Crippen molar-refractivity contribution in [3.63, 3.8) is 0 Å². The van der Waals surface area contributed by atoms with Gasteiger partial charge < -0.3 is 10.1 Å². The van der Waals surface area contributed by atoms with E-state index in [0.717, 1.165) is 13.2 Å². The normalized spacial score (nSPS) is 16.2. The predicted octanol–water partition coefficient (Wildman–Crippen LogP) is 3.85. The Morgan fingerprint density at radius 1 is 1.12 bits per heavy atom. The zero-order valence-electron chi connectivity index (χ0n) is 13.0. The van der Waals surface area contributed by atoms with Crippen molar-refractivity contribution in [3.05, 3.63) is 0 Å². The lowest BCUT2D eigenvalue weighted by molar-refractivity contribution is -0.0396. The molecule has 0 radical (unpaired) electrons. The maximum absolute atomic E-state index is 6.00. The monoisotopic (exact) mass is 243 g/mol. The molecule has 2 heteroatoms. The summed E-state index contributed by atoms with van der Waals surface area (Å²) in [6, 6.07) is 0.468. The molecule has 0 amide bonds. The van der Waals surface area contributed by atoms with E-state index in [1.165, 1.54) is 12.8 Å². The summed E-state index contributed by atoms with van der Waals surface area (Å²) in [6.07, 6.45) is 2.65. The van der Waals surface area contributed by atoms with Crippen LogP contribution in [-0.4, -0.2) is 25.3 Å². The van der Waals surface area contributed by atoms with Crippen molar-refractivity contribution in [2.75, 3.05) is 13.2 Å². The third kappa shape index (κ3) is 7.05. The van der Waals surface area contributed by atoms with Gasteiger partial charge in [0.25, 0.3) is 0 Å². The molecule has 1 N–H and O–H groups in total. The molecule has 0 saturated heterocycles. The Labute approximate surface area is 109 Å².